The first kappa shape index (κ1) is 12.6. The molecule has 0 saturated heterocycles. The van der Waals surface area contributed by atoms with Gasteiger partial charge < -0.3 is 10.5 Å². The standard InChI is InChI=1S/C14H12BrNO2/c1-9-8-12(6-7-13(9)15)18-11-4-2-10(3-5-11)14(16)17/h2-8H,1H3,(H2,16,17). The van der Waals surface area contributed by atoms with Gasteiger partial charge in [0.25, 0.3) is 0 Å². The first-order valence-corrected chi connectivity index (χ1v) is 6.19. The zero-order valence-corrected chi connectivity index (χ0v) is 11.4. The van der Waals surface area contributed by atoms with Crippen molar-refractivity contribution >= 4 is 21.8 Å². The van der Waals surface area contributed by atoms with Gasteiger partial charge in [-0.2, -0.15) is 0 Å². The second kappa shape index (κ2) is 5.23. The Bertz CT molecular complexity index is 579. The highest BCUT2D eigenvalue weighted by molar-refractivity contribution is 9.10. The van der Waals surface area contributed by atoms with Crippen molar-refractivity contribution < 1.29 is 9.53 Å². The van der Waals surface area contributed by atoms with Crippen LogP contribution in [-0.4, -0.2) is 5.91 Å². The van der Waals surface area contributed by atoms with Crippen LogP contribution in [0.25, 0.3) is 0 Å². The van der Waals surface area contributed by atoms with Crippen LogP contribution in [0.15, 0.2) is 46.9 Å². The molecule has 0 spiro atoms. The lowest BCUT2D eigenvalue weighted by Crippen LogP contribution is -2.10. The van der Waals surface area contributed by atoms with E-state index in [1.54, 1.807) is 24.3 Å². The molecule has 2 aromatic carbocycles. The van der Waals surface area contributed by atoms with E-state index in [0.29, 0.717) is 11.3 Å². The molecule has 0 aliphatic rings. The highest BCUT2D eigenvalue weighted by Gasteiger charge is 2.02. The van der Waals surface area contributed by atoms with E-state index in [0.717, 1.165) is 15.8 Å². The van der Waals surface area contributed by atoms with Gasteiger partial charge in [-0.3, -0.25) is 4.79 Å². The maximum absolute atomic E-state index is 10.9. The molecule has 0 fully saturated rings. The Morgan fingerprint density at radius 2 is 1.72 bits per heavy atom. The number of amides is 1. The number of nitrogens with two attached hydrogens (primary N) is 1. The van der Waals surface area contributed by atoms with Gasteiger partial charge in [-0.05, 0) is 55.0 Å². The van der Waals surface area contributed by atoms with Crippen LogP contribution in [0.4, 0.5) is 0 Å². The van der Waals surface area contributed by atoms with Crippen molar-refractivity contribution in [2.75, 3.05) is 0 Å². The summed E-state index contributed by atoms with van der Waals surface area (Å²) < 4.78 is 6.72. The van der Waals surface area contributed by atoms with Crippen molar-refractivity contribution in [2.45, 2.75) is 6.92 Å². The molecule has 0 saturated carbocycles. The summed E-state index contributed by atoms with van der Waals surface area (Å²) in [4.78, 5) is 10.9. The van der Waals surface area contributed by atoms with E-state index < -0.39 is 5.91 Å². The van der Waals surface area contributed by atoms with Crippen LogP contribution in [0.5, 0.6) is 11.5 Å². The van der Waals surface area contributed by atoms with E-state index in [-0.39, 0.29) is 0 Å². The molecule has 92 valence electrons. The molecule has 18 heavy (non-hydrogen) atoms. The van der Waals surface area contributed by atoms with Gasteiger partial charge in [-0.15, -0.1) is 0 Å². The summed E-state index contributed by atoms with van der Waals surface area (Å²) in [5, 5.41) is 0. The summed E-state index contributed by atoms with van der Waals surface area (Å²) in [5.41, 5.74) is 6.73. The average Bonchev–Trinajstić information content (AvgIpc) is 2.34. The van der Waals surface area contributed by atoms with Crippen molar-refractivity contribution in [1.82, 2.24) is 0 Å². The summed E-state index contributed by atoms with van der Waals surface area (Å²) in [6.45, 7) is 1.99. The fraction of sp³-hybridized carbons (Fsp3) is 0.0714. The molecule has 0 aliphatic carbocycles. The highest BCUT2D eigenvalue weighted by Crippen LogP contribution is 2.26. The van der Waals surface area contributed by atoms with Crippen molar-refractivity contribution in [3.63, 3.8) is 0 Å². The third kappa shape index (κ3) is 2.90. The minimum atomic E-state index is -0.443. The molecule has 0 heterocycles. The Kier molecular flexibility index (Phi) is 3.67. The molecule has 1 amide bonds. The molecule has 2 rings (SSSR count). The Hall–Kier alpha value is -1.81. The SMILES string of the molecule is Cc1cc(Oc2ccc(C(N)=O)cc2)ccc1Br. The summed E-state index contributed by atoms with van der Waals surface area (Å²) >= 11 is 3.43. The first-order chi connectivity index (χ1) is 8.56. The number of halogens is 1. The number of aryl methyl sites for hydroxylation is 1. The van der Waals surface area contributed by atoms with Crippen LogP contribution in [-0.2, 0) is 0 Å². The lowest BCUT2D eigenvalue weighted by Gasteiger charge is -2.07. The molecule has 0 aromatic heterocycles. The van der Waals surface area contributed by atoms with E-state index in [9.17, 15) is 4.79 Å². The van der Waals surface area contributed by atoms with E-state index in [1.807, 2.05) is 25.1 Å². The van der Waals surface area contributed by atoms with Gasteiger partial charge in [-0.25, -0.2) is 0 Å². The fourth-order valence-corrected chi connectivity index (χ4v) is 1.75. The normalized spacial score (nSPS) is 10.1. The molecule has 2 aromatic rings. The molecule has 2 N–H and O–H groups in total. The smallest absolute Gasteiger partial charge is 0.248 e. The van der Waals surface area contributed by atoms with Crippen molar-refractivity contribution in [3.8, 4) is 11.5 Å². The molecule has 0 radical (unpaired) electrons. The maximum Gasteiger partial charge on any atom is 0.248 e. The van der Waals surface area contributed by atoms with Gasteiger partial charge in [-0.1, -0.05) is 15.9 Å². The van der Waals surface area contributed by atoms with Crippen molar-refractivity contribution in [1.29, 1.82) is 0 Å². The number of carbonyl (C=O) groups excluding carboxylic acids is 1. The topological polar surface area (TPSA) is 52.3 Å². The minimum Gasteiger partial charge on any atom is -0.457 e. The first-order valence-electron chi connectivity index (χ1n) is 5.40. The van der Waals surface area contributed by atoms with Gasteiger partial charge in [0, 0.05) is 10.0 Å². The molecule has 0 aliphatic heterocycles. The van der Waals surface area contributed by atoms with Crippen molar-refractivity contribution in [3.05, 3.63) is 58.1 Å². The Labute approximate surface area is 114 Å². The van der Waals surface area contributed by atoms with Crippen LogP contribution in [0.1, 0.15) is 15.9 Å². The zero-order valence-electron chi connectivity index (χ0n) is 9.81. The van der Waals surface area contributed by atoms with Crippen molar-refractivity contribution in [2.24, 2.45) is 5.73 Å². The van der Waals surface area contributed by atoms with E-state index >= 15 is 0 Å². The largest absolute Gasteiger partial charge is 0.457 e. The highest BCUT2D eigenvalue weighted by atomic mass is 79.9. The van der Waals surface area contributed by atoms with Gasteiger partial charge >= 0.3 is 0 Å². The maximum atomic E-state index is 10.9. The summed E-state index contributed by atoms with van der Waals surface area (Å²) in [6.07, 6.45) is 0. The van der Waals surface area contributed by atoms with Crippen LogP contribution >= 0.6 is 15.9 Å². The predicted molar refractivity (Wildman–Crippen MR) is 73.9 cm³/mol. The van der Waals surface area contributed by atoms with Gasteiger partial charge in [0.15, 0.2) is 0 Å². The molecular formula is C14H12BrNO2. The van der Waals surface area contributed by atoms with Gasteiger partial charge in [0.05, 0.1) is 0 Å². The lowest BCUT2D eigenvalue weighted by atomic mass is 10.2. The van der Waals surface area contributed by atoms with E-state index in [4.69, 9.17) is 10.5 Å². The second-order valence-electron chi connectivity index (χ2n) is 3.90. The number of ether oxygens (including phenoxy) is 1. The van der Waals surface area contributed by atoms with E-state index in [2.05, 4.69) is 15.9 Å². The van der Waals surface area contributed by atoms with Gasteiger partial charge in [0.1, 0.15) is 11.5 Å². The third-order valence-electron chi connectivity index (χ3n) is 2.50. The fourth-order valence-electron chi connectivity index (χ4n) is 1.50. The number of rotatable bonds is 3. The zero-order chi connectivity index (χ0) is 13.1. The van der Waals surface area contributed by atoms with Crippen LogP contribution in [0.3, 0.4) is 0 Å². The number of hydrogen-bond acceptors (Lipinski definition) is 2. The van der Waals surface area contributed by atoms with Crippen LogP contribution in [0, 0.1) is 6.92 Å². The monoisotopic (exact) mass is 305 g/mol. The quantitative estimate of drug-likeness (QED) is 0.941. The number of hydrogen-bond donors (Lipinski definition) is 1. The molecule has 3 nitrogen and oxygen atoms in total. The summed E-state index contributed by atoms with van der Waals surface area (Å²) in [7, 11) is 0. The minimum absolute atomic E-state index is 0.443. The molecule has 4 heteroatoms. The molecule has 0 bridgehead atoms. The number of carbonyl (C=O) groups is 1. The molecule has 0 unspecified atom stereocenters. The van der Waals surface area contributed by atoms with E-state index in [1.165, 1.54) is 0 Å². The van der Waals surface area contributed by atoms with Crippen LogP contribution in [0.2, 0.25) is 0 Å². The molecule has 0 atom stereocenters. The second-order valence-corrected chi connectivity index (χ2v) is 4.76. The van der Waals surface area contributed by atoms with Crippen LogP contribution < -0.4 is 10.5 Å². The number of primary amides is 1. The van der Waals surface area contributed by atoms with Gasteiger partial charge in [0.2, 0.25) is 5.91 Å². The molecular weight excluding hydrogens is 294 g/mol. The average molecular weight is 306 g/mol. The Morgan fingerprint density at radius 1 is 1.11 bits per heavy atom. The number of benzene rings is 2. The summed E-state index contributed by atoms with van der Waals surface area (Å²) in [6, 6.07) is 12.5. The predicted octanol–water partition coefficient (Wildman–Crippen LogP) is 3.65. The third-order valence-corrected chi connectivity index (χ3v) is 3.39. The summed E-state index contributed by atoms with van der Waals surface area (Å²) in [5.74, 6) is 0.977. The Morgan fingerprint density at radius 3 is 2.28 bits per heavy atom. The lowest BCUT2D eigenvalue weighted by molar-refractivity contribution is 0.100. The Balaban J connectivity index is 2.18.